The maximum absolute atomic E-state index is 12.6. The fourth-order valence-corrected chi connectivity index (χ4v) is 4.41. The van der Waals surface area contributed by atoms with E-state index in [1.54, 1.807) is 24.3 Å². The van der Waals surface area contributed by atoms with E-state index < -0.39 is 0 Å². The first kappa shape index (κ1) is 18.9. The summed E-state index contributed by atoms with van der Waals surface area (Å²) in [5, 5.41) is 3.17. The number of carbonyl (C=O) groups excluding carboxylic acids is 2. The Morgan fingerprint density at radius 2 is 1.54 bits per heavy atom. The number of piperidine rings is 1. The van der Waals surface area contributed by atoms with Gasteiger partial charge in [-0.05, 0) is 63.0 Å². The molecule has 1 heterocycles. The summed E-state index contributed by atoms with van der Waals surface area (Å²) in [6.45, 7) is 3.03. The number of ether oxygens (including phenoxy) is 1. The van der Waals surface area contributed by atoms with E-state index in [4.69, 9.17) is 4.74 Å². The predicted octanol–water partition coefficient (Wildman–Crippen LogP) is 3.39. The highest BCUT2D eigenvalue weighted by Gasteiger charge is 2.38. The van der Waals surface area contributed by atoms with E-state index in [2.05, 4.69) is 10.2 Å². The standard InChI is InChI=1S/C21H30N2O3/c1-26-20(25)18-10-8-17(9-11-18)19(24)22-16-21(12-4-2-5-13-21)23-14-6-3-7-15-23/h8-11H,2-7,12-16H2,1H3,(H,22,24). The van der Waals surface area contributed by atoms with Crippen LogP contribution in [0.4, 0.5) is 0 Å². The molecule has 26 heavy (non-hydrogen) atoms. The van der Waals surface area contributed by atoms with Crippen molar-refractivity contribution in [3.05, 3.63) is 35.4 Å². The van der Waals surface area contributed by atoms with Gasteiger partial charge in [0.1, 0.15) is 0 Å². The molecule has 0 unspecified atom stereocenters. The SMILES string of the molecule is COC(=O)c1ccc(C(=O)NCC2(N3CCCCC3)CCCCC2)cc1. The molecule has 0 aromatic heterocycles. The van der Waals surface area contributed by atoms with Gasteiger partial charge in [0, 0.05) is 17.6 Å². The molecule has 142 valence electrons. The molecule has 1 amide bonds. The number of carbonyl (C=O) groups is 2. The van der Waals surface area contributed by atoms with E-state index in [0.717, 1.165) is 13.1 Å². The van der Waals surface area contributed by atoms with Crippen LogP contribution in [0.1, 0.15) is 72.1 Å². The van der Waals surface area contributed by atoms with Crippen molar-refractivity contribution in [3.8, 4) is 0 Å². The molecule has 0 spiro atoms. The summed E-state index contributed by atoms with van der Waals surface area (Å²) in [6.07, 6.45) is 10.0. The van der Waals surface area contributed by atoms with Gasteiger partial charge < -0.3 is 10.1 Å². The van der Waals surface area contributed by atoms with Gasteiger partial charge in [-0.1, -0.05) is 25.7 Å². The molecule has 0 bridgehead atoms. The van der Waals surface area contributed by atoms with E-state index in [-0.39, 0.29) is 17.4 Å². The molecular formula is C21H30N2O3. The molecule has 1 saturated heterocycles. The average Bonchev–Trinajstić information content (AvgIpc) is 2.73. The molecule has 0 radical (unpaired) electrons. The number of rotatable bonds is 5. The van der Waals surface area contributed by atoms with E-state index in [1.165, 1.54) is 58.5 Å². The second-order valence-electron chi connectivity index (χ2n) is 7.58. The lowest BCUT2D eigenvalue weighted by Gasteiger charge is -2.48. The van der Waals surface area contributed by atoms with Crippen LogP contribution in [-0.2, 0) is 4.74 Å². The molecule has 2 fully saturated rings. The summed E-state index contributed by atoms with van der Waals surface area (Å²) >= 11 is 0. The number of amides is 1. The Balaban J connectivity index is 1.64. The average molecular weight is 358 g/mol. The third-order valence-electron chi connectivity index (χ3n) is 5.96. The Morgan fingerprint density at radius 3 is 2.15 bits per heavy atom. The van der Waals surface area contributed by atoms with Crippen LogP contribution in [-0.4, -0.2) is 49.1 Å². The second kappa shape index (κ2) is 8.67. The third-order valence-corrected chi connectivity index (χ3v) is 5.96. The topological polar surface area (TPSA) is 58.6 Å². The molecule has 1 aromatic rings. The quantitative estimate of drug-likeness (QED) is 0.820. The Bertz CT molecular complexity index is 615. The van der Waals surface area contributed by atoms with Crippen molar-refractivity contribution in [1.82, 2.24) is 10.2 Å². The number of methoxy groups -OCH3 is 1. The molecule has 5 nitrogen and oxygen atoms in total. The number of esters is 1. The van der Waals surface area contributed by atoms with Crippen LogP contribution in [0.2, 0.25) is 0 Å². The van der Waals surface area contributed by atoms with Crippen LogP contribution in [0, 0.1) is 0 Å². The van der Waals surface area contributed by atoms with Crippen LogP contribution >= 0.6 is 0 Å². The summed E-state index contributed by atoms with van der Waals surface area (Å²) in [7, 11) is 1.35. The van der Waals surface area contributed by atoms with Crippen molar-refractivity contribution in [2.45, 2.75) is 56.9 Å². The van der Waals surface area contributed by atoms with Gasteiger partial charge in [-0.25, -0.2) is 4.79 Å². The van der Waals surface area contributed by atoms with Crippen LogP contribution in [0.3, 0.4) is 0 Å². The highest BCUT2D eigenvalue weighted by molar-refractivity contribution is 5.96. The molecule has 2 aliphatic rings. The van der Waals surface area contributed by atoms with E-state index in [9.17, 15) is 9.59 Å². The molecule has 5 heteroatoms. The number of likely N-dealkylation sites (tertiary alicyclic amines) is 1. The Hall–Kier alpha value is -1.88. The summed E-state index contributed by atoms with van der Waals surface area (Å²) < 4.78 is 4.70. The van der Waals surface area contributed by atoms with Crippen molar-refractivity contribution >= 4 is 11.9 Å². The molecule has 1 aliphatic heterocycles. The van der Waals surface area contributed by atoms with Crippen molar-refractivity contribution in [2.24, 2.45) is 0 Å². The van der Waals surface area contributed by atoms with Gasteiger partial charge in [0.15, 0.2) is 0 Å². The van der Waals surface area contributed by atoms with Crippen LogP contribution in [0.15, 0.2) is 24.3 Å². The maximum atomic E-state index is 12.6. The summed E-state index contributed by atoms with van der Waals surface area (Å²) in [5.41, 5.74) is 1.17. The van der Waals surface area contributed by atoms with Crippen LogP contribution < -0.4 is 5.32 Å². The third kappa shape index (κ3) is 4.26. The minimum absolute atomic E-state index is 0.0663. The van der Waals surface area contributed by atoms with Gasteiger partial charge in [0.25, 0.3) is 5.91 Å². The Morgan fingerprint density at radius 1 is 0.962 bits per heavy atom. The fourth-order valence-electron chi connectivity index (χ4n) is 4.41. The first-order valence-corrected chi connectivity index (χ1v) is 9.86. The fraction of sp³-hybridized carbons (Fsp3) is 0.619. The van der Waals surface area contributed by atoms with Crippen molar-refractivity contribution in [3.63, 3.8) is 0 Å². The lowest BCUT2D eigenvalue weighted by Crippen LogP contribution is -2.58. The summed E-state index contributed by atoms with van der Waals surface area (Å²) in [6, 6.07) is 6.66. The highest BCUT2D eigenvalue weighted by atomic mass is 16.5. The van der Waals surface area contributed by atoms with Crippen molar-refractivity contribution < 1.29 is 14.3 Å². The molecular weight excluding hydrogens is 328 g/mol. The zero-order valence-corrected chi connectivity index (χ0v) is 15.8. The first-order chi connectivity index (χ1) is 12.6. The number of nitrogens with one attached hydrogen (secondary N) is 1. The van der Waals surface area contributed by atoms with Gasteiger partial charge >= 0.3 is 5.97 Å². The maximum Gasteiger partial charge on any atom is 0.337 e. The van der Waals surface area contributed by atoms with E-state index >= 15 is 0 Å². The van der Waals surface area contributed by atoms with Gasteiger partial charge in [0.2, 0.25) is 0 Å². The van der Waals surface area contributed by atoms with Crippen molar-refractivity contribution in [2.75, 3.05) is 26.7 Å². The highest BCUT2D eigenvalue weighted by Crippen LogP contribution is 2.35. The largest absolute Gasteiger partial charge is 0.465 e. The molecule has 1 aromatic carbocycles. The molecule has 1 saturated carbocycles. The van der Waals surface area contributed by atoms with Crippen LogP contribution in [0.5, 0.6) is 0 Å². The molecule has 1 N–H and O–H groups in total. The lowest BCUT2D eigenvalue weighted by molar-refractivity contribution is 0.0326. The minimum atomic E-state index is -0.386. The Kier molecular flexibility index (Phi) is 6.30. The zero-order chi connectivity index (χ0) is 18.4. The predicted molar refractivity (Wildman–Crippen MR) is 101 cm³/mol. The van der Waals surface area contributed by atoms with Gasteiger partial charge in [0.05, 0.1) is 12.7 Å². The van der Waals surface area contributed by atoms with Gasteiger partial charge in [-0.15, -0.1) is 0 Å². The number of hydrogen-bond acceptors (Lipinski definition) is 4. The molecule has 3 rings (SSSR count). The number of benzene rings is 1. The minimum Gasteiger partial charge on any atom is -0.465 e. The molecule has 1 aliphatic carbocycles. The van der Waals surface area contributed by atoms with Crippen LogP contribution in [0.25, 0.3) is 0 Å². The summed E-state index contributed by atoms with van der Waals surface area (Å²) in [5.74, 6) is -0.452. The monoisotopic (exact) mass is 358 g/mol. The number of nitrogens with zero attached hydrogens (tertiary/aromatic N) is 1. The first-order valence-electron chi connectivity index (χ1n) is 9.86. The normalized spacial score (nSPS) is 20.3. The molecule has 0 atom stereocenters. The summed E-state index contributed by atoms with van der Waals surface area (Å²) in [4.78, 5) is 26.8. The van der Waals surface area contributed by atoms with E-state index in [1.807, 2.05) is 0 Å². The Labute approximate surface area is 156 Å². The smallest absolute Gasteiger partial charge is 0.337 e. The zero-order valence-electron chi connectivity index (χ0n) is 15.8. The van der Waals surface area contributed by atoms with Gasteiger partial charge in [-0.3, -0.25) is 9.69 Å². The second-order valence-corrected chi connectivity index (χ2v) is 7.58. The van der Waals surface area contributed by atoms with Crippen molar-refractivity contribution in [1.29, 1.82) is 0 Å². The van der Waals surface area contributed by atoms with Gasteiger partial charge in [-0.2, -0.15) is 0 Å². The number of hydrogen-bond donors (Lipinski definition) is 1. The lowest BCUT2D eigenvalue weighted by atomic mass is 9.79. The van der Waals surface area contributed by atoms with E-state index in [0.29, 0.717) is 17.7 Å².